The molecular weight excluding hydrogens is 499 g/mol. The minimum absolute atomic E-state index is 0.174. The standard InChI is InChI=1S/C24H25BrF3N3O2/c25-15-5-3-14(4-6-15)10-21(22(29)32)31(16-2-1-9-30-13-16)23(33)24(7-8-24)17-11-19(27)20(28)12-18(17)26/h3-6,11-12,16,21,30H,1-2,7-10,13H2,(H2,29,32)/t16-,21+/m1/s1. The van der Waals surface area contributed by atoms with Crippen LogP contribution >= 0.6 is 15.9 Å². The average molecular weight is 524 g/mol. The highest BCUT2D eigenvalue weighted by atomic mass is 79.9. The number of halogens is 4. The molecule has 2 aromatic carbocycles. The molecule has 1 saturated heterocycles. The molecule has 1 heterocycles. The van der Waals surface area contributed by atoms with Gasteiger partial charge in [0.1, 0.15) is 11.9 Å². The molecule has 33 heavy (non-hydrogen) atoms. The van der Waals surface area contributed by atoms with E-state index in [1.807, 2.05) is 24.3 Å². The molecule has 9 heteroatoms. The van der Waals surface area contributed by atoms with E-state index >= 15 is 0 Å². The molecule has 1 saturated carbocycles. The Kier molecular flexibility index (Phi) is 6.81. The molecule has 2 amide bonds. The fraction of sp³-hybridized carbons (Fsp3) is 0.417. The molecule has 5 nitrogen and oxygen atoms in total. The summed E-state index contributed by atoms with van der Waals surface area (Å²) in [7, 11) is 0. The number of benzene rings is 2. The molecule has 0 bridgehead atoms. The van der Waals surface area contributed by atoms with E-state index in [-0.39, 0.29) is 30.9 Å². The molecule has 1 aliphatic carbocycles. The molecule has 176 valence electrons. The largest absolute Gasteiger partial charge is 0.368 e. The normalized spacial score (nSPS) is 20.2. The van der Waals surface area contributed by atoms with E-state index in [2.05, 4.69) is 21.2 Å². The van der Waals surface area contributed by atoms with Crippen LogP contribution in [0.2, 0.25) is 0 Å². The maximum Gasteiger partial charge on any atom is 0.240 e. The third-order valence-electron chi connectivity index (χ3n) is 6.59. The molecule has 4 rings (SSSR count). The summed E-state index contributed by atoms with van der Waals surface area (Å²) in [6.45, 7) is 1.25. The van der Waals surface area contributed by atoms with Crippen molar-refractivity contribution in [1.82, 2.24) is 10.2 Å². The lowest BCUT2D eigenvalue weighted by molar-refractivity contribution is -0.145. The summed E-state index contributed by atoms with van der Waals surface area (Å²) in [5.74, 6) is -4.62. The monoisotopic (exact) mass is 523 g/mol. The average Bonchev–Trinajstić information content (AvgIpc) is 3.59. The smallest absolute Gasteiger partial charge is 0.240 e. The summed E-state index contributed by atoms with van der Waals surface area (Å²) < 4.78 is 43.1. The number of carbonyl (C=O) groups is 2. The Balaban J connectivity index is 1.73. The molecular formula is C24H25BrF3N3O2. The van der Waals surface area contributed by atoms with Gasteiger partial charge in [0.25, 0.3) is 0 Å². The number of carbonyl (C=O) groups excluding carboxylic acids is 2. The Hall–Kier alpha value is -2.39. The van der Waals surface area contributed by atoms with E-state index in [0.717, 1.165) is 29.1 Å². The van der Waals surface area contributed by atoms with Crippen LogP contribution in [0, 0.1) is 17.5 Å². The van der Waals surface area contributed by atoms with Crippen LogP contribution in [-0.2, 0) is 21.4 Å². The molecule has 0 radical (unpaired) electrons. The molecule has 0 aromatic heterocycles. The molecule has 1 aliphatic heterocycles. The van der Waals surface area contributed by atoms with Crippen LogP contribution in [0.25, 0.3) is 0 Å². The van der Waals surface area contributed by atoms with Crippen LogP contribution in [0.15, 0.2) is 40.9 Å². The quantitative estimate of drug-likeness (QED) is 0.544. The zero-order valence-electron chi connectivity index (χ0n) is 17.9. The first-order valence-electron chi connectivity index (χ1n) is 11.0. The second kappa shape index (κ2) is 9.46. The molecule has 0 spiro atoms. The summed E-state index contributed by atoms with van der Waals surface area (Å²) >= 11 is 3.38. The van der Waals surface area contributed by atoms with Crippen LogP contribution in [0.3, 0.4) is 0 Å². The molecule has 2 atom stereocenters. The highest BCUT2D eigenvalue weighted by molar-refractivity contribution is 9.10. The van der Waals surface area contributed by atoms with Crippen molar-refractivity contribution < 1.29 is 22.8 Å². The van der Waals surface area contributed by atoms with E-state index in [1.54, 1.807) is 0 Å². The number of rotatable bonds is 7. The van der Waals surface area contributed by atoms with Gasteiger partial charge in [0.15, 0.2) is 11.6 Å². The number of nitrogens with one attached hydrogen (secondary N) is 1. The van der Waals surface area contributed by atoms with Gasteiger partial charge >= 0.3 is 0 Å². The van der Waals surface area contributed by atoms with Crippen LogP contribution in [0.5, 0.6) is 0 Å². The van der Waals surface area contributed by atoms with Crippen molar-refractivity contribution in [1.29, 1.82) is 0 Å². The Morgan fingerprint density at radius 2 is 1.79 bits per heavy atom. The molecule has 0 unspecified atom stereocenters. The lowest BCUT2D eigenvalue weighted by Crippen LogP contribution is -2.60. The molecule has 2 aromatic rings. The Morgan fingerprint density at radius 1 is 1.12 bits per heavy atom. The highest BCUT2D eigenvalue weighted by Crippen LogP contribution is 2.51. The predicted octanol–water partition coefficient (Wildman–Crippen LogP) is 3.58. The molecule has 2 aliphatic rings. The van der Waals surface area contributed by atoms with Gasteiger partial charge in [-0.05, 0) is 56.0 Å². The van der Waals surface area contributed by atoms with E-state index in [9.17, 15) is 22.8 Å². The van der Waals surface area contributed by atoms with Gasteiger partial charge in [-0.15, -0.1) is 0 Å². The SMILES string of the molecule is NC(=O)[C@H](Cc1ccc(Br)cc1)N(C(=O)C1(c2cc(F)c(F)cc2F)CC1)[C@@H]1CCCNC1. The lowest BCUT2D eigenvalue weighted by atomic mass is 9.90. The van der Waals surface area contributed by atoms with Gasteiger partial charge in [-0.3, -0.25) is 9.59 Å². The van der Waals surface area contributed by atoms with Crippen LogP contribution in [0.4, 0.5) is 13.2 Å². The van der Waals surface area contributed by atoms with Crippen molar-refractivity contribution in [2.24, 2.45) is 5.73 Å². The minimum Gasteiger partial charge on any atom is -0.368 e. The number of hydrogen-bond acceptors (Lipinski definition) is 3. The van der Waals surface area contributed by atoms with E-state index < -0.39 is 40.7 Å². The van der Waals surface area contributed by atoms with Gasteiger partial charge in [-0.1, -0.05) is 28.1 Å². The number of nitrogens with zero attached hydrogens (tertiary/aromatic N) is 1. The van der Waals surface area contributed by atoms with Crippen molar-refractivity contribution >= 4 is 27.7 Å². The second-order valence-electron chi connectivity index (χ2n) is 8.79. The summed E-state index contributed by atoms with van der Waals surface area (Å²) in [5, 5.41) is 3.24. The van der Waals surface area contributed by atoms with Gasteiger partial charge in [0.05, 0.1) is 5.41 Å². The van der Waals surface area contributed by atoms with Crippen LogP contribution in [0.1, 0.15) is 36.8 Å². The highest BCUT2D eigenvalue weighted by Gasteiger charge is 2.57. The van der Waals surface area contributed by atoms with E-state index in [4.69, 9.17) is 5.73 Å². The van der Waals surface area contributed by atoms with Gasteiger partial charge in [0.2, 0.25) is 11.8 Å². The van der Waals surface area contributed by atoms with Gasteiger partial charge in [-0.25, -0.2) is 13.2 Å². The number of nitrogens with two attached hydrogens (primary N) is 1. The second-order valence-corrected chi connectivity index (χ2v) is 9.71. The topological polar surface area (TPSA) is 75.4 Å². The van der Waals surface area contributed by atoms with E-state index in [1.165, 1.54) is 4.90 Å². The third kappa shape index (κ3) is 4.80. The number of amides is 2. The zero-order chi connectivity index (χ0) is 23.8. The third-order valence-corrected chi connectivity index (χ3v) is 7.12. The van der Waals surface area contributed by atoms with E-state index in [0.29, 0.717) is 19.0 Å². The van der Waals surface area contributed by atoms with Crippen molar-refractivity contribution in [3.8, 4) is 0 Å². The summed E-state index contributed by atoms with van der Waals surface area (Å²) in [6, 6.07) is 7.28. The predicted molar refractivity (Wildman–Crippen MR) is 121 cm³/mol. The Labute approximate surface area is 198 Å². The zero-order valence-corrected chi connectivity index (χ0v) is 19.5. The summed E-state index contributed by atoms with van der Waals surface area (Å²) in [6.07, 6.45) is 2.22. The Bertz CT molecular complexity index is 1050. The maximum absolute atomic E-state index is 14.7. The molecule has 3 N–H and O–H groups in total. The number of primary amides is 1. The minimum atomic E-state index is -1.33. The van der Waals surface area contributed by atoms with Crippen molar-refractivity contribution in [2.75, 3.05) is 13.1 Å². The summed E-state index contributed by atoms with van der Waals surface area (Å²) in [5.41, 5.74) is 5.10. The van der Waals surface area contributed by atoms with Crippen molar-refractivity contribution in [3.63, 3.8) is 0 Å². The van der Waals surface area contributed by atoms with Gasteiger partial charge < -0.3 is 16.0 Å². The lowest BCUT2D eigenvalue weighted by Gasteiger charge is -2.41. The maximum atomic E-state index is 14.7. The first-order chi connectivity index (χ1) is 15.7. The first kappa shape index (κ1) is 23.8. The van der Waals surface area contributed by atoms with Crippen LogP contribution < -0.4 is 11.1 Å². The number of piperidine rings is 1. The van der Waals surface area contributed by atoms with Gasteiger partial charge in [0, 0.05) is 35.1 Å². The first-order valence-corrected chi connectivity index (χ1v) is 11.7. The number of hydrogen-bond donors (Lipinski definition) is 2. The van der Waals surface area contributed by atoms with Crippen LogP contribution in [-0.4, -0.2) is 41.9 Å². The fourth-order valence-corrected chi connectivity index (χ4v) is 4.94. The summed E-state index contributed by atoms with van der Waals surface area (Å²) in [4.78, 5) is 28.1. The van der Waals surface area contributed by atoms with Crippen molar-refractivity contribution in [2.45, 2.75) is 49.6 Å². The Morgan fingerprint density at radius 3 is 2.36 bits per heavy atom. The molecule has 2 fully saturated rings. The fourth-order valence-electron chi connectivity index (χ4n) is 4.67. The van der Waals surface area contributed by atoms with Crippen molar-refractivity contribution in [3.05, 3.63) is 69.4 Å². The van der Waals surface area contributed by atoms with Gasteiger partial charge in [-0.2, -0.15) is 0 Å².